The monoisotopic (exact) mass is 308 g/mol. The molecule has 0 amide bonds. The molecule has 0 spiro atoms. The summed E-state index contributed by atoms with van der Waals surface area (Å²) in [5, 5.41) is 1.19. The van der Waals surface area contributed by atoms with E-state index in [1.165, 1.54) is 9.49 Å². The molecule has 0 aliphatic heterocycles. The fraction of sp³-hybridized carbons (Fsp3) is 0.111. The molecule has 0 fully saturated rings. The molecule has 1 aromatic carbocycles. The lowest BCUT2D eigenvalue weighted by atomic mass is 10.2. The van der Waals surface area contributed by atoms with Crippen molar-refractivity contribution in [2.75, 3.05) is 0 Å². The van der Waals surface area contributed by atoms with E-state index in [4.69, 9.17) is 0 Å². The van der Waals surface area contributed by atoms with Gasteiger partial charge in [0.15, 0.2) is 9.84 Å². The normalized spacial score (nSPS) is 12.2. The highest BCUT2D eigenvalue weighted by atomic mass is 127. The Labute approximate surface area is 91.7 Å². The molecular formula is C9H9IO2S. The zero-order valence-corrected chi connectivity index (χ0v) is 10.0. The molecule has 0 aliphatic rings. The highest BCUT2D eigenvalue weighted by molar-refractivity contribution is 14.1. The van der Waals surface area contributed by atoms with E-state index < -0.39 is 9.84 Å². The Hall–Kier alpha value is -0.360. The van der Waals surface area contributed by atoms with Crippen molar-refractivity contribution < 1.29 is 8.42 Å². The number of aryl methyl sites for hydroxylation is 1. The van der Waals surface area contributed by atoms with Crippen molar-refractivity contribution >= 4 is 32.4 Å². The minimum absolute atomic E-state index is 0.339. The third-order valence-corrected chi connectivity index (χ3v) is 3.85. The van der Waals surface area contributed by atoms with Gasteiger partial charge in [0.1, 0.15) is 0 Å². The summed E-state index contributed by atoms with van der Waals surface area (Å²) in [4.78, 5) is 0.339. The van der Waals surface area contributed by atoms with Crippen LogP contribution in [0.2, 0.25) is 0 Å². The van der Waals surface area contributed by atoms with E-state index in [1.54, 1.807) is 24.3 Å². The first-order valence-electron chi connectivity index (χ1n) is 3.65. The van der Waals surface area contributed by atoms with Crippen LogP contribution in [0.4, 0.5) is 0 Å². The number of hydrogen-bond donors (Lipinski definition) is 0. The van der Waals surface area contributed by atoms with Gasteiger partial charge in [0, 0.05) is 5.41 Å². The molecule has 70 valence electrons. The average Bonchev–Trinajstić information content (AvgIpc) is 2.05. The van der Waals surface area contributed by atoms with E-state index in [0.717, 1.165) is 5.56 Å². The van der Waals surface area contributed by atoms with Crippen molar-refractivity contribution in [2.24, 2.45) is 0 Å². The van der Waals surface area contributed by atoms with Crippen LogP contribution < -0.4 is 0 Å². The lowest BCUT2D eigenvalue weighted by Gasteiger charge is -1.98. The lowest BCUT2D eigenvalue weighted by Crippen LogP contribution is -1.95. The molecule has 0 saturated carbocycles. The molecule has 0 bridgehead atoms. The average molecular weight is 308 g/mol. The molecular weight excluding hydrogens is 299 g/mol. The second-order valence-corrected chi connectivity index (χ2v) is 5.17. The van der Waals surface area contributed by atoms with Crippen molar-refractivity contribution in [2.45, 2.75) is 11.8 Å². The Kier molecular flexibility index (Phi) is 3.49. The summed E-state index contributed by atoms with van der Waals surface area (Å²) in [5.74, 6) is 0. The zero-order valence-electron chi connectivity index (χ0n) is 7.07. The van der Waals surface area contributed by atoms with E-state index >= 15 is 0 Å². The highest BCUT2D eigenvalue weighted by Gasteiger charge is 2.08. The topological polar surface area (TPSA) is 34.1 Å². The highest BCUT2D eigenvalue weighted by Crippen LogP contribution is 2.13. The molecule has 0 N–H and O–H groups in total. The molecule has 0 heterocycles. The van der Waals surface area contributed by atoms with Crippen LogP contribution in [0.1, 0.15) is 5.56 Å². The maximum absolute atomic E-state index is 11.5. The minimum atomic E-state index is -3.22. The van der Waals surface area contributed by atoms with Gasteiger partial charge in [-0.05, 0) is 23.1 Å². The number of benzene rings is 1. The van der Waals surface area contributed by atoms with Gasteiger partial charge in [0.25, 0.3) is 0 Å². The molecule has 2 nitrogen and oxygen atoms in total. The summed E-state index contributed by atoms with van der Waals surface area (Å²) in [5.41, 5.74) is 1.05. The van der Waals surface area contributed by atoms with E-state index in [2.05, 4.69) is 0 Å². The van der Waals surface area contributed by atoms with Gasteiger partial charge in [-0.2, -0.15) is 0 Å². The summed E-state index contributed by atoms with van der Waals surface area (Å²) in [6, 6.07) is 6.80. The second-order valence-electron chi connectivity index (χ2n) is 2.62. The quantitative estimate of drug-likeness (QED) is 0.787. The lowest BCUT2D eigenvalue weighted by molar-refractivity contribution is 0.604. The van der Waals surface area contributed by atoms with E-state index in [0.29, 0.717) is 4.90 Å². The van der Waals surface area contributed by atoms with Crippen molar-refractivity contribution in [3.05, 3.63) is 39.3 Å². The molecule has 0 radical (unpaired) electrons. The van der Waals surface area contributed by atoms with E-state index in [9.17, 15) is 8.42 Å². The van der Waals surface area contributed by atoms with E-state index in [-0.39, 0.29) is 0 Å². The van der Waals surface area contributed by atoms with Crippen LogP contribution in [0.25, 0.3) is 0 Å². The Morgan fingerprint density at radius 1 is 1.23 bits per heavy atom. The maximum atomic E-state index is 11.5. The molecule has 1 aromatic rings. The molecule has 4 heteroatoms. The van der Waals surface area contributed by atoms with Crippen LogP contribution >= 0.6 is 22.6 Å². The fourth-order valence-electron chi connectivity index (χ4n) is 0.874. The SMILES string of the molecule is Cc1ccc(S(=O)(=O)/C=C/I)cc1. The third-order valence-electron chi connectivity index (χ3n) is 1.58. The van der Waals surface area contributed by atoms with Crippen LogP contribution in [-0.4, -0.2) is 8.42 Å². The first-order chi connectivity index (χ1) is 6.06. The Morgan fingerprint density at radius 3 is 2.23 bits per heavy atom. The maximum Gasteiger partial charge on any atom is 0.200 e. The molecule has 0 aliphatic carbocycles. The van der Waals surface area contributed by atoms with Crippen molar-refractivity contribution in [1.82, 2.24) is 0 Å². The number of sulfone groups is 1. The van der Waals surface area contributed by atoms with Gasteiger partial charge in [-0.3, -0.25) is 0 Å². The van der Waals surface area contributed by atoms with Crippen LogP contribution in [-0.2, 0) is 9.84 Å². The Morgan fingerprint density at radius 2 is 1.77 bits per heavy atom. The van der Waals surface area contributed by atoms with Gasteiger partial charge in [-0.1, -0.05) is 40.3 Å². The van der Waals surface area contributed by atoms with E-state index in [1.807, 2.05) is 29.5 Å². The van der Waals surface area contributed by atoms with Crippen molar-refractivity contribution in [3.63, 3.8) is 0 Å². The van der Waals surface area contributed by atoms with Gasteiger partial charge in [-0.25, -0.2) is 8.42 Å². The van der Waals surface area contributed by atoms with Crippen LogP contribution in [0.15, 0.2) is 38.7 Å². The standard InChI is InChI=1S/C9H9IO2S/c1-8-2-4-9(5-3-8)13(11,12)7-6-10/h2-7H,1H3/b7-6+. The van der Waals surface area contributed by atoms with Gasteiger partial charge in [-0.15, -0.1) is 0 Å². The smallest absolute Gasteiger partial charge is 0.200 e. The summed E-state index contributed by atoms with van der Waals surface area (Å²) < 4.78 is 24.4. The summed E-state index contributed by atoms with van der Waals surface area (Å²) in [6.07, 6.45) is 0. The minimum Gasteiger partial charge on any atom is -0.219 e. The first-order valence-corrected chi connectivity index (χ1v) is 6.44. The molecule has 0 saturated heterocycles. The number of hydrogen-bond acceptors (Lipinski definition) is 2. The zero-order chi connectivity index (χ0) is 9.90. The molecule has 0 aromatic heterocycles. The summed E-state index contributed by atoms with van der Waals surface area (Å²) in [6.45, 7) is 1.92. The van der Waals surface area contributed by atoms with Gasteiger partial charge in [0.2, 0.25) is 0 Å². The third kappa shape index (κ3) is 2.80. The molecule has 13 heavy (non-hydrogen) atoms. The summed E-state index contributed by atoms with van der Waals surface area (Å²) >= 11 is 1.89. The molecule has 0 atom stereocenters. The number of rotatable bonds is 2. The van der Waals surface area contributed by atoms with Gasteiger partial charge in [0.05, 0.1) is 4.90 Å². The van der Waals surface area contributed by atoms with Crippen molar-refractivity contribution in [3.8, 4) is 0 Å². The Bertz CT molecular complexity index is 404. The second kappa shape index (κ2) is 4.23. The fourth-order valence-corrected chi connectivity index (χ4v) is 2.84. The first kappa shape index (κ1) is 10.7. The predicted molar refractivity (Wildman–Crippen MR) is 61.5 cm³/mol. The molecule has 0 unspecified atom stereocenters. The van der Waals surface area contributed by atoms with Gasteiger partial charge >= 0.3 is 0 Å². The largest absolute Gasteiger partial charge is 0.219 e. The predicted octanol–water partition coefficient (Wildman–Crippen LogP) is 2.67. The van der Waals surface area contributed by atoms with Crippen LogP contribution in [0, 0.1) is 6.92 Å². The molecule has 1 rings (SSSR count). The van der Waals surface area contributed by atoms with Gasteiger partial charge < -0.3 is 0 Å². The van der Waals surface area contributed by atoms with Crippen molar-refractivity contribution in [1.29, 1.82) is 0 Å². The summed E-state index contributed by atoms with van der Waals surface area (Å²) in [7, 11) is -3.22. The van der Waals surface area contributed by atoms with Crippen LogP contribution in [0.3, 0.4) is 0 Å². The Balaban J connectivity index is 3.17. The number of halogens is 1. The van der Waals surface area contributed by atoms with Crippen LogP contribution in [0.5, 0.6) is 0 Å².